The highest BCUT2D eigenvalue weighted by Crippen LogP contribution is 2.15. The Hall–Kier alpha value is -2.37. The first kappa shape index (κ1) is 15.5. The molecule has 1 aromatic carbocycles. The van der Waals surface area contributed by atoms with E-state index in [4.69, 9.17) is 4.74 Å². The highest BCUT2D eigenvalue weighted by molar-refractivity contribution is 5.81. The quantitative estimate of drug-likeness (QED) is 0.850. The Morgan fingerprint density at radius 2 is 1.96 bits per heavy atom. The zero-order chi connectivity index (χ0) is 16.1. The summed E-state index contributed by atoms with van der Waals surface area (Å²) < 4.78 is 7.39. The average molecular weight is 314 g/mol. The second-order valence-corrected chi connectivity index (χ2v) is 5.71. The largest absolute Gasteiger partial charge is 0.449 e. The number of piperidine rings is 1. The van der Waals surface area contributed by atoms with E-state index < -0.39 is 6.10 Å². The van der Waals surface area contributed by atoms with Crippen LogP contribution < -0.4 is 4.74 Å². The van der Waals surface area contributed by atoms with Gasteiger partial charge in [0.2, 0.25) is 0 Å². The fourth-order valence-corrected chi connectivity index (χ4v) is 2.76. The van der Waals surface area contributed by atoms with E-state index in [0.717, 1.165) is 31.6 Å². The number of para-hydroxylation sites is 1. The molecule has 1 fully saturated rings. The summed E-state index contributed by atoms with van der Waals surface area (Å²) in [5.74, 6) is 0.0447. The SMILES string of the molecule is CCC(Oc1ncn(-c2ccccc2)n1)C(=O)N1CCCCC1. The summed E-state index contributed by atoms with van der Waals surface area (Å²) in [7, 11) is 0. The van der Waals surface area contributed by atoms with Gasteiger partial charge in [-0.25, -0.2) is 4.68 Å². The third kappa shape index (κ3) is 3.70. The summed E-state index contributed by atoms with van der Waals surface area (Å²) in [5, 5.41) is 4.31. The maximum absolute atomic E-state index is 12.5. The van der Waals surface area contributed by atoms with E-state index in [2.05, 4.69) is 10.1 Å². The van der Waals surface area contributed by atoms with Gasteiger partial charge >= 0.3 is 6.01 Å². The molecule has 1 aliphatic rings. The number of rotatable bonds is 5. The van der Waals surface area contributed by atoms with Crippen LogP contribution in [0.5, 0.6) is 6.01 Å². The van der Waals surface area contributed by atoms with Crippen molar-refractivity contribution in [1.82, 2.24) is 19.7 Å². The van der Waals surface area contributed by atoms with Crippen LogP contribution in [0.1, 0.15) is 32.6 Å². The topological polar surface area (TPSA) is 60.2 Å². The molecule has 1 saturated heterocycles. The summed E-state index contributed by atoms with van der Waals surface area (Å²) in [6, 6.07) is 9.94. The molecule has 2 heterocycles. The van der Waals surface area contributed by atoms with E-state index in [0.29, 0.717) is 6.42 Å². The second kappa shape index (κ2) is 7.26. The third-order valence-corrected chi connectivity index (χ3v) is 4.05. The summed E-state index contributed by atoms with van der Waals surface area (Å²) in [5.41, 5.74) is 0.908. The number of ether oxygens (including phenoxy) is 1. The van der Waals surface area contributed by atoms with Crippen molar-refractivity contribution < 1.29 is 9.53 Å². The highest BCUT2D eigenvalue weighted by atomic mass is 16.5. The van der Waals surface area contributed by atoms with Gasteiger partial charge in [0.1, 0.15) is 6.33 Å². The van der Waals surface area contributed by atoms with Crippen molar-refractivity contribution in [1.29, 1.82) is 0 Å². The number of hydrogen-bond acceptors (Lipinski definition) is 4. The maximum atomic E-state index is 12.5. The molecule has 0 radical (unpaired) electrons. The monoisotopic (exact) mass is 314 g/mol. The Labute approximate surface area is 136 Å². The lowest BCUT2D eigenvalue weighted by Crippen LogP contribution is -2.44. The highest BCUT2D eigenvalue weighted by Gasteiger charge is 2.26. The molecule has 23 heavy (non-hydrogen) atoms. The normalized spacial score (nSPS) is 16.1. The first-order chi connectivity index (χ1) is 11.3. The van der Waals surface area contributed by atoms with Crippen LogP contribution in [0.4, 0.5) is 0 Å². The molecule has 122 valence electrons. The maximum Gasteiger partial charge on any atom is 0.336 e. The van der Waals surface area contributed by atoms with Crippen molar-refractivity contribution in [2.24, 2.45) is 0 Å². The standard InChI is InChI=1S/C17H22N4O2/c1-2-15(16(22)20-11-7-4-8-12-20)23-17-18-13-21(19-17)14-9-5-3-6-10-14/h3,5-6,9-10,13,15H,2,4,7-8,11-12H2,1H3. The first-order valence-electron chi connectivity index (χ1n) is 8.20. The number of amides is 1. The minimum absolute atomic E-state index is 0.0447. The zero-order valence-corrected chi connectivity index (χ0v) is 13.4. The molecule has 0 spiro atoms. The van der Waals surface area contributed by atoms with Crippen LogP contribution in [0, 0.1) is 0 Å². The minimum atomic E-state index is -0.514. The predicted molar refractivity (Wildman–Crippen MR) is 86.5 cm³/mol. The molecule has 3 rings (SSSR count). The van der Waals surface area contributed by atoms with Gasteiger partial charge in [0.05, 0.1) is 5.69 Å². The Morgan fingerprint density at radius 1 is 1.22 bits per heavy atom. The summed E-state index contributed by atoms with van der Waals surface area (Å²) in [4.78, 5) is 18.6. The number of aromatic nitrogens is 3. The van der Waals surface area contributed by atoms with E-state index >= 15 is 0 Å². The van der Waals surface area contributed by atoms with Crippen molar-refractivity contribution in [2.75, 3.05) is 13.1 Å². The number of benzene rings is 1. The van der Waals surface area contributed by atoms with Gasteiger partial charge in [-0.15, -0.1) is 5.10 Å². The molecule has 1 unspecified atom stereocenters. The fraction of sp³-hybridized carbons (Fsp3) is 0.471. The van der Waals surface area contributed by atoms with Crippen LogP contribution >= 0.6 is 0 Å². The van der Waals surface area contributed by atoms with Crippen LogP contribution in [0.25, 0.3) is 5.69 Å². The smallest absolute Gasteiger partial charge is 0.336 e. The lowest BCUT2D eigenvalue weighted by Gasteiger charge is -2.29. The van der Waals surface area contributed by atoms with Crippen LogP contribution in [-0.4, -0.2) is 44.8 Å². The number of nitrogens with zero attached hydrogens (tertiary/aromatic N) is 4. The van der Waals surface area contributed by atoms with Crippen molar-refractivity contribution in [3.63, 3.8) is 0 Å². The lowest BCUT2D eigenvalue weighted by atomic mass is 10.1. The summed E-state index contributed by atoms with van der Waals surface area (Å²) >= 11 is 0. The average Bonchev–Trinajstić information content (AvgIpc) is 3.09. The Bertz CT molecular complexity index is 635. The van der Waals surface area contributed by atoms with E-state index in [1.807, 2.05) is 42.2 Å². The van der Waals surface area contributed by atoms with Gasteiger partial charge in [-0.05, 0) is 37.8 Å². The number of carbonyl (C=O) groups is 1. The molecule has 1 aliphatic heterocycles. The molecule has 2 aromatic rings. The zero-order valence-electron chi connectivity index (χ0n) is 13.4. The van der Waals surface area contributed by atoms with Crippen molar-refractivity contribution in [3.8, 4) is 11.7 Å². The summed E-state index contributed by atoms with van der Waals surface area (Å²) in [6.07, 6.45) is 5.04. The minimum Gasteiger partial charge on any atom is -0.449 e. The molecule has 1 atom stereocenters. The van der Waals surface area contributed by atoms with Crippen LogP contribution in [0.3, 0.4) is 0 Å². The van der Waals surface area contributed by atoms with Crippen molar-refractivity contribution >= 4 is 5.91 Å². The van der Waals surface area contributed by atoms with Crippen molar-refractivity contribution in [2.45, 2.75) is 38.7 Å². The van der Waals surface area contributed by atoms with E-state index in [-0.39, 0.29) is 11.9 Å². The molecule has 0 N–H and O–H groups in total. The van der Waals surface area contributed by atoms with Gasteiger partial charge in [0.25, 0.3) is 5.91 Å². The van der Waals surface area contributed by atoms with Gasteiger partial charge in [-0.3, -0.25) is 4.79 Å². The van der Waals surface area contributed by atoms with Crippen LogP contribution in [-0.2, 0) is 4.79 Å². The van der Waals surface area contributed by atoms with E-state index in [1.165, 1.54) is 6.42 Å². The fourth-order valence-electron chi connectivity index (χ4n) is 2.76. The van der Waals surface area contributed by atoms with Crippen molar-refractivity contribution in [3.05, 3.63) is 36.7 Å². The van der Waals surface area contributed by atoms with Crippen LogP contribution in [0.2, 0.25) is 0 Å². The lowest BCUT2D eigenvalue weighted by molar-refractivity contribution is -0.140. The molecule has 0 aliphatic carbocycles. The van der Waals surface area contributed by atoms with E-state index in [1.54, 1.807) is 11.0 Å². The molecule has 0 saturated carbocycles. The molecular formula is C17H22N4O2. The molecule has 6 nitrogen and oxygen atoms in total. The first-order valence-corrected chi connectivity index (χ1v) is 8.20. The molecule has 1 aromatic heterocycles. The van der Waals surface area contributed by atoms with Gasteiger partial charge in [0, 0.05) is 13.1 Å². The van der Waals surface area contributed by atoms with Gasteiger partial charge in [0.15, 0.2) is 6.10 Å². The molecule has 6 heteroatoms. The summed E-state index contributed by atoms with van der Waals surface area (Å²) in [6.45, 7) is 3.59. The Balaban J connectivity index is 1.67. The Morgan fingerprint density at radius 3 is 2.65 bits per heavy atom. The molecule has 0 bridgehead atoms. The van der Waals surface area contributed by atoms with Crippen LogP contribution in [0.15, 0.2) is 36.7 Å². The molecular weight excluding hydrogens is 292 g/mol. The Kier molecular flexibility index (Phi) is 4.90. The third-order valence-electron chi connectivity index (χ3n) is 4.05. The number of likely N-dealkylation sites (tertiary alicyclic amines) is 1. The van der Waals surface area contributed by atoms with Gasteiger partial charge in [-0.2, -0.15) is 4.98 Å². The second-order valence-electron chi connectivity index (χ2n) is 5.71. The van der Waals surface area contributed by atoms with Gasteiger partial charge in [-0.1, -0.05) is 25.1 Å². The number of carbonyl (C=O) groups excluding carboxylic acids is 1. The van der Waals surface area contributed by atoms with Gasteiger partial charge < -0.3 is 9.64 Å². The predicted octanol–water partition coefficient (Wildman–Crippen LogP) is 2.44. The van der Waals surface area contributed by atoms with E-state index in [9.17, 15) is 4.79 Å². The molecule has 1 amide bonds. The number of hydrogen-bond donors (Lipinski definition) is 0.